The average Bonchev–Trinajstić information content (AvgIpc) is 3.13. The van der Waals surface area contributed by atoms with Gasteiger partial charge in [-0.15, -0.1) is 0 Å². The summed E-state index contributed by atoms with van der Waals surface area (Å²) in [7, 11) is 0. The molecule has 0 radical (unpaired) electrons. The first kappa shape index (κ1) is 18.8. The molecule has 26 heavy (non-hydrogen) atoms. The molecule has 1 amide bonds. The summed E-state index contributed by atoms with van der Waals surface area (Å²) in [5.41, 5.74) is 1.13. The fraction of sp³-hybridized carbons (Fsp3) is 0.389. The van der Waals surface area contributed by atoms with Gasteiger partial charge in [-0.1, -0.05) is 11.6 Å². The fourth-order valence-corrected chi connectivity index (χ4v) is 4.00. The third kappa shape index (κ3) is 4.81. The minimum atomic E-state index is -0.561. The van der Waals surface area contributed by atoms with Crippen molar-refractivity contribution in [2.24, 2.45) is 5.92 Å². The van der Waals surface area contributed by atoms with Crippen LogP contribution in [-0.4, -0.2) is 35.4 Å². The first-order valence-electron chi connectivity index (χ1n) is 8.48. The van der Waals surface area contributed by atoms with E-state index in [1.165, 1.54) is 23.8 Å². The second-order valence-corrected chi connectivity index (χ2v) is 7.70. The number of rotatable bonds is 6. The number of nitro benzene ring substituents is 1. The van der Waals surface area contributed by atoms with Gasteiger partial charge in [-0.25, -0.2) is 0 Å². The second kappa shape index (κ2) is 8.62. The first-order chi connectivity index (χ1) is 12.5. The number of piperidine rings is 1. The highest BCUT2D eigenvalue weighted by Crippen LogP contribution is 2.23. The van der Waals surface area contributed by atoms with Gasteiger partial charge < -0.3 is 5.32 Å². The molecule has 0 aliphatic carbocycles. The maximum Gasteiger partial charge on any atom is 0.282 e. The van der Waals surface area contributed by atoms with Gasteiger partial charge in [0.15, 0.2) is 0 Å². The van der Waals surface area contributed by atoms with Gasteiger partial charge in [-0.2, -0.15) is 11.3 Å². The Hall–Kier alpha value is -1.96. The first-order valence-corrected chi connectivity index (χ1v) is 9.80. The molecule has 8 heteroatoms. The number of carbonyl (C=O) groups excluding carboxylic acids is 1. The van der Waals surface area contributed by atoms with Crippen molar-refractivity contribution in [2.75, 3.05) is 19.6 Å². The topological polar surface area (TPSA) is 75.5 Å². The van der Waals surface area contributed by atoms with Crippen molar-refractivity contribution in [1.29, 1.82) is 0 Å². The number of halogens is 1. The molecule has 0 unspecified atom stereocenters. The van der Waals surface area contributed by atoms with Crippen molar-refractivity contribution >= 4 is 34.5 Å². The molecule has 1 N–H and O–H groups in total. The second-order valence-electron chi connectivity index (χ2n) is 6.48. The van der Waals surface area contributed by atoms with Crippen molar-refractivity contribution in [1.82, 2.24) is 10.2 Å². The number of likely N-dealkylation sites (tertiary alicyclic amines) is 1. The summed E-state index contributed by atoms with van der Waals surface area (Å²) in [6.45, 7) is 3.48. The normalized spacial score (nSPS) is 15.7. The number of amides is 1. The van der Waals surface area contributed by atoms with E-state index in [0.717, 1.165) is 32.5 Å². The Morgan fingerprint density at radius 1 is 1.35 bits per heavy atom. The number of hydrogen-bond donors (Lipinski definition) is 1. The summed E-state index contributed by atoms with van der Waals surface area (Å²) in [4.78, 5) is 25.3. The van der Waals surface area contributed by atoms with Crippen LogP contribution in [0.5, 0.6) is 0 Å². The molecule has 0 bridgehead atoms. The highest BCUT2D eigenvalue weighted by molar-refractivity contribution is 7.07. The van der Waals surface area contributed by atoms with E-state index in [4.69, 9.17) is 11.6 Å². The van der Waals surface area contributed by atoms with Gasteiger partial charge in [0.05, 0.1) is 4.92 Å². The number of thiophene rings is 1. The van der Waals surface area contributed by atoms with Gasteiger partial charge in [0, 0.05) is 24.2 Å². The molecular weight excluding hydrogens is 374 g/mol. The number of nitrogens with one attached hydrogen (secondary N) is 1. The summed E-state index contributed by atoms with van der Waals surface area (Å²) in [5.74, 6) is -0.0594. The monoisotopic (exact) mass is 393 g/mol. The van der Waals surface area contributed by atoms with Gasteiger partial charge in [-0.3, -0.25) is 19.8 Å². The molecule has 1 aliphatic rings. The van der Waals surface area contributed by atoms with Crippen LogP contribution < -0.4 is 5.32 Å². The van der Waals surface area contributed by atoms with Crippen molar-refractivity contribution in [2.45, 2.75) is 19.4 Å². The lowest BCUT2D eigenvalue weighted by Gasteiger charge is -2.31. The summed E-state index contributed by atoms with van der Waals surface area (Å²) in [6.07, 6.45) is 2.00. The van der Waals surface area contributed by atoms with Crippen LogP contribution in [0.1, 0.15) is 28.8 Å². The quantitative estimate of drug-likeness (QED) is 0.595. The zero-order valence-electron chi connectivity index (χ0n) is 14.2. The highest BCUT2D eigenvalue weighted by Gasteiger charge is 2.23. The Balaban J connectivity index is 1.50. The third-order valence-corrected chi connectivity index (χ3v) is 5.61. The van der Waals surface area contributed by atoms with Gasteiger partial charge in [0.2, 0.25) is 0 Å². The van der Waals surface area contributed by atoms with E-state index in [0.29, 0.717) is 17.5 Å². The largest absolute Gasteiger partial charge is 0.352 e. The average molecular weight is 394 g/mol. The van der Waals surface area contributed by atoms with Crippen LogP contribution in [0.3, 0.4) is 0 Å². The maximum atomic E-state index is 12.4. The minimum Gasteiger partial charge on any atom is -0.352 e. The van der Waals surface area contributed by atoms with Gasteiger partial charge in [0.1, 0.15) is 5.56 Å². The molecule has 0 spiro atoms. The predicted octanol–water partition coefficient (Wildman–Crippen LogP) is 3.95. The number of nitrogens with zero attached hydrogens (tertiary/aromatic N) is 2. The third-order valence-electron chi connectivity index (χ3n) is 4.64. The molecule has 1 aliphatic heterocycles. The molecule has 0 saturated carbocycles. The van der Waals surface area contributed by atoms with Crippen molar-refractivity contribution in [3.8, 4) is 0 Å². The summed E-state index contributed by atoms with van der Waals surface area (Å²) >= 11 is 7.59. The molecule has 1 aromatic carbocycles. The van der Waals surface area contributed by atoms with E-state index >= 15 is 0 Å². The molecule has 3 rings (SSSR count). The van der Waals surface area contributed by atoms with Crippen LogP contribution >= 0.6 is 22.9 Å². The molecule has 1 fully saturated rings. The van der Waals surface area contributed by atoms with E-state index in [1.807, 2.05) is 0 Å². The minimum absolute atomic E-state index is 0.0115. The Bertz CT molecular complexity index is 774. The summed E-state index contributed by atoms with van der Waals surface area (Å²) in [6, 6.07) is 6.17. The van der Waals surface area contributed by atoms with Crippen molar-refractivity contribution in [3.63, 3.8) is 0 Å². The van der Waals surface area contributed by atoms with Crippen LogP contribution in [0.2, 0.25) is 5.02 Å². The standard InChI is InChI=1S/C18H20ClN3O3S/c19-15-1-2-17(22(24)25)16(9-15)18(23)20-10-13-3-6-21(7-4-13)11-14-5-8-26-12-14/h1-2,5,8-9,12-13H,3-4,6-7,10-11H2,(H,20,23). The van der Waals surface area contributed by atoms with Crippen LogP contribution in [0.15, 0.2) is 35.0 Å². The predicted molar refractivity (Wildman–Crippen MR) is 103 cm³/mol. The Morgan fingerprint density at radius 3 is 2.77 bits per heavy atom. The van der Waals surface area contributed by atoms with Gasteiger partial charge >= 0.3 is 0 Å². The zero-order valence-corrected chi connectivity index (χ0v) is 15.8. The van der Waals surface area contributed by atoms with Crippen LogP contribution in [0, 0.1) is 16.0 Å². The number of carbonyl (C=O) groups is 1. The van der Waals surface area contributed by atoms with E-state index in [-0.39, 0.29) is 11.3 Å². The molecule has 1 aromatic heterocycles. The lowest BCUT2D eigenvalue weighted by molar-refractivity contribution is -0.385. The lowest BCUT2D eigenvalue weighted by Crippen LogP contribution is -2.38. The Labute approximate surface area is 160 Å². The van der Waals surface area contributed by atoms with Gasteiger partial charge in [-0.05, 0) is 66.4 Å². The SMILES string of the molecule is O=C(NCC1CCN(Cc2ccsc2)CC1)c1cc(Cl)ccc1[N+](=O)[O-]. The molecule has 138 valence electrons. The molecule has 2 heterocycles. The van der Waals surface area contributed by atoms with E-state index in [1.54, 1.807) is 11.3 Å². The molecule has 2 aromatic rings. The van der Waals surface area contributed by atoms with Crippen molar-refractivity contribution in [3.05, 3.63) is 61.3 Å². The number of nitro groups is 1. The lowest BCUT2D eigenvalue weighted by atomic mass is 9.96. The number of hydrogen-bond acceptors (Lipinski definition) is 5. The van der Waals surface area contributed by atoms with Crippen LogP contribution in [-0.2, 0) is 6.54 Å². The van der Waals surface area contributed by atoms with Crippen molar-refractivity contribution < 1.29 is 9.72 Å². The fourth-order valence-electron chi connectivity index (χ4n) is 3.17. The highest BCUT2D eigenvalue weighted by atomic mass is 35.5. The van der Waals surface area contributed by atoms with E-state index in [2.05, 4.69) is 27.0 Å². The molecule has 1 saturated heterocycles. The molecule has 0 atom stereocenters. The smallest absolute Gasteiger partial charge is 0.282 e. The maximum absolute atomic E-state index is 12.4. The Kier molecular flexibility index (Phi) is 6.24. The van der Waals surface area contributed by atoms with E-state index < -0.39 is 10.8 Å². The summed E-state index contributed by atoms with van der Waals surface area (Å²) < 4.78 is 0. The number of benzene rings is 1. The van der Waals surface area contributed by atoms with Gasteiger partial charge in [0.25, 0.3) is 11.6 Å². The zero-order chi connectivity index (χ0) is 18.5. The van der Waals surface area contributed by atoms with Crippen LogP contribution in [0.4, 0.5) is 5.69 Å². The van der Waals surface area contributed by atoms with E-state index in [9.17, 15) is 14.9 Å². The van der Waals surface area contributed by atoms with Crippen LogP contribution in [0.25, 0.3) is 0 Å². The molecule has 6 nitrogen and oxygen atoms in total. The molecular formula is C18H20ClN3O3S. The summed E-state index contributed by atoms with van der Waals surface area (Å²) in [5, 5.41) is 18.5. The Morgan fingerprint density at radius 2 is 2.12 bits per heavy atom.